The Morgan fingerprint density at radius 3 is 2.72 bits per heavy atom. The lowest BCUT2D eigenvalue weighted by Gasteiger charge is -2.15. The summed E-state index contributed by atoms with van der Waals surface area (Å²) in [5, 5.41) is 2.98. The smallest absolute Gasteiger partial charge is 0.251 e. The average molecular weight is 249 g/mol. The fraction of sp³-hybridized carbons (Fsp3) is 0.333. The van der Waals surface area contributed by atoms with E-state index in [9.17, 15) is 9.59 Å². The third-order valence-corrected chi connectivity index (χ3v) is 3.00. The number of amides is 2. The van der Waals surface area contributed by atoms with E-state index in [1.165, 1.54) is 14.2 Å². The van der Waals surface area contributed by atoms with E-state index in [0.717, 1.165) is 4.90 Å². The molecule has 0 spiro atoms. The molecular formula is C12H15N3O3. The molecule has 1 atom stereocenters. The molecule has 0 aromatic heterocycles. The van der Waals surface area contributed by atoms with Crippen LogP contribution in [0, 0.1) is 0 Å². The lowest BCUT2D eigenvalue weighted by Crippen LogP contribution is -2.32. The van der Waals surface area contributed by atoms with Gasteiger partial charge in [0.25, 0.3) is 5.91 Å². The number of ether oxygens (including phenoxy) is 1. The first-order valence-corrected chi connectivity index (χ1v) is 5.54. The van der Waals surface area contributed by atoms with E-state index in [0.29, 0.717) is 17.1 Å². The molecule has 1 heterocycles. The number of rotatable bonds is 3. The van der Waals surface area contributed by atoms with Crippen LogP contribution in [0.3, 0.4) is 0 Å². The second-order valence-corrected chi connectivity index (χ2v) is 4.11. The Bertz CT molecular complexity index is 501. The zero-order chi connectivity index (χ0) is 13.3. The molecule has 0 bridgehead atoms. The number of nitrogens with two attached hydrogens (primary N) is 1. The molecule has 1 saturated heterocycles. The van der Waals surface area contributed by atoms with Gasteiger partial charge in [0, 0.05) is 7.05 Å². The van der Waals surface area contributed by atoms with Crippen LogP contribution in [0.25, 0.3) is 0 Å². The molecule has 1 fully saturated rings. The molecule has 1 aliphatic heterocycles. The molecule has 2 rings (SSSR count). The van der Waals surface area contributed by atoms with Gasteiger partial charge >= 0.3 is 0 Å². The predicted octanol–water partition coefficient (Wildman–Crippen LogP) is 0.447. The monoisotopic (exact) mass is 249 g/mol. The summed E-state index contributed by atoms with van der Waals surface area (Å²) >= 11 is 0. The molecule has 3 N–H and O–H groups in total. The van der Waals surface area contributed by atoms with E-state index in [2.05, 4.69) is 5.32 Å². The number of likely N-dealkylation sites (N-methyl/N-ethyl adjacent to an activating group) is 1. The molecule has 6 nitrogen and oxygen atoms in total. The maximum absolute atomic E-state index is 11.8. The Hall–Kier alpha value is -2.24. The molecule has 96 valence electrons. The number of carbonyl (C=O) groups excluding carboxylic acids is 2. The summed E-state index contributed by atoms with van der Waals surface area (Å²) in [6, 6.07) is 4.68. The number of hydrogen-bond donors (Lipinski definition) is 2. The van der Waals surface area contributed by atoms with Crippen molar-refractivity contribution < 1.29 is 14.3 Å². The largest absolute Gasteiger partial charge is 0.495 e. The van der Waals surface area contributed by atoms with Crippen LogP contribution in [-0.4, -0.2) is 36.9 Å². The molecule has 1 aromatic rings. The van der Waals surface area contributed by atoms with Gasteiger partial charge < -0.3 is 15.8 Å². The molecular weight excluding hydrogens is 234 g/mol. The molecule has 6 heteroatoms. The quantitative estimate of drug-likeness (QED) is 0.600. The van der Waals surface area contributed by atoms with Gasteiger partial charge in [-0.1, -0.05) is 6.07 Å². The van der Waals surface area contributed by atoms with Crippen molar-refractivity contribution in [3.63, 3.8) is 0 Å². The molecule has 0 aliphatic carbocycles. The zero-order valence-electron chi connectivity index (χ0n) is 10.3. The minimum atomic E-state index is -0.558. The topological polar surface area (TPSA) is 84.7 Å². The van der Waals surface area contributed by atoms with Gasteiger partial charge in [0.05, 0.1) is 24.9 Å². The molecule has 1 aliphatic rings. The van der Waals surface area contributed by atoms with Crippen molar-refractivity contribution in [2.45, 2.75) is 12.5 Å². The van der Waals surface area contributed by atoms with E-state index in [1.807, 2.05) is 0 Å². The fourth-order valence-corrected chi connectivity index (χ4v) is 1.90. The van der Waals surface area contributed by atoms with Crippen molar-refractivity contribution in [2.24, 2.45) is 0 Å². The average Bonchev–Trinajstić information content (AvgIpc) is 2.60. The summed E-state index contributed by atoms with van der Waals surface area (Å²) in [5.74, 6) is 0.0892. The van der Waals surface area contributed by atoms with Crippen LogP contribution < -0.4 is 15.8 Å². The van der Waals surface area contributed by atoms with Crippen molar-refractivity contribution >= 4 is 23.2 Å². The second-order valence-electron chi connectivity index (χ2n) is 4.11. The minimum Gasteiger partial charge on any atom is -0.495 e. The van der Waals surface area contributed by atoms with Gasteiger partial charge in [-0.15, -0.1) is 0 Å². The highest BCUT2D eigenvalue weighted by atomic mass is 16.5. The van der Waals surface area contributed by atoms with E-state index < -0.39 is 6.04 Å². The van der Waals surface area contributed by atoms with Crippen molar-refractivity contribution in [2.75, 3.05) is 25.2 Å². The Morgan fingerprint density at radius 1 is 1.44 bits per heavy atom. The second kappa shape index (κ2) is 4.56. The van der Waals surface area contributed by atoms with E-state index in [-0.39, 0.29) is 18.2 Å². The van der Waals surface area contributed by atoms with Crippen molar-refractivity contribution in [3.8, 4) is 5.75 Å². The van der Waals surface area contributed by atoms with Gasteiger partial charge in [-0.3, -0.25) is 14.5 Å². The first-order valence-electron chi connectivity index (χ1n) is 5.54. The summed E-state index contributed by atoms with van der Waals surface area (Å²) in [6.07, 6.45) is 0.145. The molecule has 0 radical (unpaired) electrons. The minimum absolute atomic E-state index is 0.145. The van der Waals surface area contributed by atoms with E-state index in [1.54, 1.807) is 18.2 Å². The van der Waals surface area contributed by atoms with Gasteiger partial charge in [0.1, 0.15) is 11.8 Å². The Balaban J connectivity index is 2.20. The highest BCUT2D eigenvalue weighted by Gasteiger charge is 2.36. The number of imide groups is 1. The SMILES string of the molecule is COc1cccc(NC2CC(=O)N(C)C2=O)c1N. The lowest BCUT2D eigenvalue weighted by molar-refractivity contribution is -0.136. The van der Waals surface area contributed by atoms with Crippen LogP contribution in [0.1, 0.15) is 6.42 Å². The van der Waals surface area contributed by atoms with Crippen LogP contribution in [0.2, 0.25) is 0 Å². The first-order chi connectivity index (χ1) is 8.54. The molecule has 18 heavy (non-hydrogen) atoms. The summed E-state index contributed by atoms with van der Waals surface area (Å²) in [7, 11) is 2.99. The van der Waals surface area contributed by atoms with Crippen LogP contribution in [0.5, 0.6) is 5.75 Å². The number of carbonyl (C=O) groups is 2. The summed E-state index contributed by atoms with van der Waals surface area (Å²) in [4.78, 5) is 24.3. The number of nitrogens with one attached hydrogen (secondary N) is 1. The van der Waals surface area contributed by atoms with Gasteiger partial charge in [-0.2, -0.15) is 0 Å². The summed E-state index contributed by atoms with van der Waals surface area (Å²) in [6.45, 7) is 0. The predicted molar refractivity (Wildman–Crippen MR) is 67.2 cm³/mol. The first kappa shape index (κ1) is 12.2. The van der Waals surface area contributed by atoms with Crippen molar-refractivity contribution in [1.29, 1.82) is 0 Å². The van der Waals surface area contributed by atoms with E-state index in [4.69, 9.17) is 10.5 Å². The van der Waals surface area contributed by atoms with Crippen LogP contribution >= 0.6 is 0 Å². The van der Waals surface area contributed by atoms with Crippen LogP contribution in [0.15, 0.2) is 18.2 Å². The highest BCUT2D eigenvalue weighted by molar-refractivity contribution is 6.06. The lowest BCUT2D eigenvalue weighted by atomic mass is 10.2. The Labute approximate surface area is 105 Å². The number of anilines is 2. The van der Waals surface area contributed by atoms with Crippen LogP contribution in [0.4, 0.5) is 11.4 Å². The summed E-state index contributed by atoms with van der Waals surface area (Å²) < 4.78 is 5.09. The normalized spacial score (nSPS) is 19.2. The van der Waals surface area contributed by atoms with Crippen molar-refractivity contribution in [3.05, 3.63) is 18.2 Å². The number of hydrogen-bond acceptors (Lipinski definition) is 5. The Kier molecular flexibility index (Phi) is 3.10. The molecule has 1 aromatic carbocycles. The molecule has 2 amide bonds. The van der Waals surface area contributed by atoms with Gasteiger partial charge in [0.15, 0.2) is 0 Å². The third kappa shape index (κ3) is 1.97. The number of nitrogen functional groups attached to an aromatic ring is 1. The highest BCUT2D eigenvalue weighted by Crippen LogP contribution is 2.30. The number of benzene rings is 1. The number of para-hydroxylation sites is 1. The third-order valence-electron chi connectivity index (χ3n) is 3.00. The number of methoxy groups -OCH3 is 1. The fourth-order valence-electron chi connectivity index (χ4n) is 1.90. The van der Waals surface area contributed by atoms with E-state index >= 15 is 0 Å². The van der Waals surface area contributed by atoms with Crippen LogP contribution in [-0.2, 0) is 9.59 Å². The van der Waals surface area contributed by atoms with Crippen molar-refractivity contribution in [1.82, 2.24) is 4.90 Å². The standard InChI is InChI=1S/C12H15N3O3/c1-15-10(16)6-8(12(15)17)14-7-4-3-5-9(18-2)11(7)13/h3-5,8,14H,6,13H2,1-2H3. The maximum atomic E-state index is 11.8. The number of nitrogens with zero attached hydrogens (tertiary/aromatic N) is 1. The number of likely N-dealkylation sites (tertiary alicyclic amines) is 1. The maximum Gasteiger partial charge on any atom is 0.251 e. The van der Waals surface area contributed by atoms with Gasteiger partial charge in [0.2, 0.25) is 5.91 Å². The zero-order valence-corrected chi connectivity index (χ0v) is 10.3. The Morgan fingerprint density at radius 2 is 2.17 bits per heavy atom. The molecule has 1 unspecified atom stereocenters. The van der Waals surface area contributed by atoms with Gasteiger partial charge in [-0.25, -0.2) is 0 Å². The summed E-state index contributed by atoms with van der Waals surface area (Å²) in [5.41, 5.74) is 6.91. The molecule has 0 saturated carbocycles. The van der Waals surface area contributed by atoms with Gasteiger partial charge in [-0.05, 0) is 12.1 Å².